The van der Waals surface area contributed by atoms with Crippen molar-refractivity contribution < 1.29 is 36.2 Å². The fourth-order valence-corrected chi connectivity index (χ4v) is 4.65. The summed E-state index contributed by atoms with van der Waals surface area (Å²) in [5.74, 6) is -13.1. The van der Waals surface area contributed by atoms with E-state index in [0.717, 1.165) is 5.56 Å². The normalized spacial score (nSPS) is 18.4. The number of rotatable bonds is 7. The summed E-state index contributed by atoms with van der Waals surface area (Å²) in [6.45, 7) is -0.804. The van der Waals surface area contributed by atoms with Crippen LogP contribution in [0.25, 0.3) is 0 Å². The van der Waals surface area contributed by atoms with Gasteiger partial charge < -0.3 is 9.47 Å². The molecule has 3 nitrogen and oxygen atoms in total. The van der Waals surface area contributed by atoms with Gasteiger partial charge in [0.05, 0.1) is 0 Å². The number of hydrogen-bond donors (Lipinski definition) is 0. The second kappa shape index (κ2) is 10.0. The first kappa shape index (κ1) is 24.5. The second-order valence-corrected chi connectivity index (χ2v) is 8.63. The Hall–Kier alpha value is -4.20. The summed E-state index contributed by atoms with van der Waals surface area (Å²) in [5, 5.41) is 0. The van der Waals surface area contributed by atoms with Crippen LogP contribution < -0.4 is 9.47 Å². The van der Waals surface area contributed by atoms with Gasteiger partial charge in [-0.25, -0.2) is 18.0 Å². The Morgan fingerprint density at radius 3 is 1.43 bits per heavy atom. The maximum absolute atomic E-state index is 13.7. The third-order valence-corrected chi connectivity index (χ3v) is 6.40. The highest BCUT2D eigenvalue weighted by Gasteiger charge is 2.52. The van der Waals surface area contributed by atoms with Gasteiger partial charge in [-0.15, -0.1) is 0 Å². The molecule has 0 spiro atoms. The van der Waals surface area contributed by atoms with E-state index >= 15 is 0 Å². The zero-order valence-corrected chi connectivity index (χ0v) is 19.1. The maximum atomic E-state index is 13.7. The molecule has 5 rings (SSSR count). The molecule has 8 heteroatoms. The van der Waals surface area contributed by atoms with Gasteiger partial charge in [0.15, 0.2) is 6.61 Å². The standard InChI is InChI=1S/C29H19F5O3/c30-24-25(31)27(33)29(28(34)26(24)32)37-20(35)15-36-19-13-11-18(12-14-19)23-21(16-7-3-1-4-8-16)22(23)17-9-5-2-6-10-17/h1-14,21-23H,15H2. The summed E-state index contributed by atoms with van der Waals surface area (Å²) in [6, 6.07) is 27.4. The molecule has 1 aliphatic carbocycles. The maximum Gasteiger partial charge on any atom is 0.349 e. The van der Waals surface area contributed by atoms with Crippen LogP contribution in [0.4, 0.5) is 22.0 Å². The van der Waals surface area contributed by atoms with Gasteiger partial charge in [0.1, 0.15) is 5.75 Å². The quantitative estimate of drug-likeness (QED) is 0.0881. The summed E-state index contributed by atoms with van der Waals surface area (Å²) in [7, 11) is 0. The van der Waals surface area contributed by atoms with E-state index in [4.69, 9.17) is 4.74 Å². The average Bonchev–Trinajstić information content (AvgIpc) is 3.69. The van der Waals surface area contributed by atoms with Gasteiger partial charge in [0.25, 0.3) is 0 Å². The smallest absolute Gasteiger partial charge is 0.349 e. The van der Waals surface area contributed by atoms with Crippen molar-refractivity contribution in [3.8, 4) is 11.5 Å². The van der Waals surface area contributed by atoms with Crippen LogP contribution in [0.1, 0.15) is 34.4 Å². The number of benzene rings is 4. The SMILES string of the molecule is O=C(COc1ccc(C2C(c3ccccc3)C2c2ccccc2)cc1)Oc1c(F)c(F)c(F)c(F)c1F. The molecule has 0 bridgehead atoms. The lowest BCUT2D eigenvalue weighted by Gasteiger charge is -2.10. The van der Waals surface area contributed by atoms with Gasteiger partial charge in [-0.1, -0.05) is 72.8 Å². The zero-order valence-electron chi connectivity index (χ0n) is 19.1. The van der Waals surface area contributed by atoms with E-state index < -0.39 is 47.4 Å². The van der Waals surface area contributed by atoms with Crippen molar-refractivity contribution in [1.82, 2.24) is 0 Å². The number of ether oxygens (including phenoxy) is 2. The Labute approximate surface area is 209 Å². The minimum Gasteiger partial charge on any atom is -0.482 e. The van der Waals surface area contributed by atoms with Gasteiger partial charge >= 0.3 is 5.97 Å². The van der Waals surface area contributed by atoms with Gasteiger partial charge in [0.2, 0.25) is 34.8 Å². The first-order valence-electron chi connectivity index (χ1n) is 11.4. The van der Waals surface area contributed by atoms with E-state index in [1.165, 1.54) is 11.1 Å². The Morgan fingerprint density at radius 1 is 0.568 bits per heavy atom. The van der Waals surface area contributed by atoms with Gasteiger partial charge in [-0.2, -0.15) is 8.78 Å². The molecule has 2 unspecified atom stereocenters. The van der Waals surface area contributed by atoms with Crippen LogP contribution >= 0.6 is 0 Å². The van der Waals surface area contributed by atoms with Crippen LogP contribution in [0.2, 0.25) is 0 Å². The zero-order chi connectivity index (χ0) is 26.1. The van der Waals surface area contributed by atoms with E-state index in [1.54, 1.807) is 12.1 Å². The fourth-order valence-electron chi connectivity index (χ4n) is 4.65. The fraction of sp³-hybridized carbons (Fsp3) is 0.138. The minimum absolute atomic E-state index is 0.234. The molecule has 188 valence electrons. The van der Waals surface area contributed by atoms with E-state index in [9.17, 15) is 26.7 Å². The molecule has 0 heterocycles. The number of carbonyl (C=O) groups is 1. The summed E-state index contributed by atoms with van der Waals surface area (Å²) in [5.41, 5.74) is 3.54. The van der Waals surface area contributed by atoms with Crippen molar-refractivity contribution in [3.63, 3.8) is 0 Å². The van der Waals surface area contributed by atoms with Crippen molar-refractivity contribution in [3.05, 3.63) is 131 Å². The molecule has 1 saturated carbocycles. The van der Waals surface area contributed by atoms with Crippen LogP contribution in [0.5, 0.6) is 11.5 Å². The van der Waals surface area contributed by atoms with E-state index in [1.807, 2.05) is 48.5 Å². The molecule has 1 aliphatic rings. The van der Waals surface area contributed by atoms with Gasteiger partial charge in [0, 0.05) is 0 Å². The first-order valence-corrected chi connectivity index (χ1v) is 11.4. The molecule has 1 fully saturated rings. The molecule has 0 aliphatic heterocycles. The molecule has 0 radical (unpaired) electrons. The van der Waals surface area contributed by atoms with Crippen molar-refractivity contribution >= 4 is 5.97 Å². The van der Waals surface area contributed by atoms with Crippen molar-refractivity contribution in [2.45, 2.75) is 17.8 Å². The second-order valence-electron chi connectivity index (χ2n) is 8.63. The Kier molecular flexibility index (Phi) is 6.65. The van der Waals surface area contributed by atoms with E-state index in [-0.39, 0.29) is 11.7 Å². The highest BCUT2D eigenvalue weighted by atomic mass is 19.2. The molecule has 37 heavy (non-hydrogen) atoms. The monoisotopic (exact) mass is 510 g/mol. The predicted molar refractivity (Wildman–Crippen MR) is 125 cm³/mol. The van der Waals surface area contributed by atoms with Gasteiger partial charge in [-0.05, 0) is 46.6 Å². The topological polar surface area (TPSA) is 35.5 Å². The minimum atomic E-state index is -2.34. The van der Waals surface area contributed by atoms with Crippen molar-refractivity contribution in [2.24, 2.45) is 0 Å². The third-order valence-electron chi connectivity index (χ3n) is 6.40. The summed E-state index contributed by atoms with van der Waals surface area (Å²) in [4.78, 5) is 12.0. The molecule has 4 aromatic rings. The van der Waals surface area contributed by atoms with Crippen LogP contribution in [0.3, 0.4) is 0 Å². The summed E-state index contributed by atoms with van der Waals surface area (Å²) >= 11 is 0. The Bertz CT molecular complexity index is 1350. The Balaban J connectivity index is 1.27. The predicted octanol–water partition coefficient (Wildman–Crippen LogP) is 7.03. The third kappa shape index (κ3) is 4.79. The molecular formula is C29H19F5O3. The first-order chi connectivity index (χ1) is 17.9. The largest absolute Gasteiger partial charge is 0.482 e. The number of esters is 1. The lowest BCUT2D eigenvalue weighted by Crippen LogP contribution is -2.20. The number of carbonyl (C=O) groups excluding carboxylic acids is 1. The van der Waals surface area contributed by atoms with E-state index in [2.05, 4.69) is 29.0 Å². The van der Waals surface area contributed by atoms with Crippen molar-refractivity contribution in [2.75, 3.05) is 6.61 Å². The van der Waals surface area contributed by atoms with E-state index in [0.29, 0.717) is 11.8 Å². The highest BCUT2D eigenvalue weighted by molar-refractivity contribution is 5.74. The van der Waals surface area contributed by atoms with Crippen LogP contribution in [-0.4, -0.2) is 12.6 Å². The molecule has 2 atom stereocenters. The molecule has 0 N–H and O–H groups in total. The average molecular weight is 510 g/mol. The molecular weight excluding hydrogens is 491 g/mol. The Morgan fingerprint density at radius 2 is 0.973 bits per heavy atom. The number of hydrogen-bond acceptors (Lipinski definition) is 3. The van der Waals surface area contributed by atoms with Crippen LogP contribution in [-0.2, 0) is 4.79 Å². The summed E-state index contributed by atoms with van der Waals surface area (Å²) in [6.07, 6.45) is 0. The number of halogens is 5. The highest BCUT2D eigenvalue weighted by Crippen LogP contribution is 2.66. The van der Waals surface area contributed by atoms with Crippen LogP contribution in [0.15, 0.2) is 84.9 Å². The molecule has 4 aromatic carbocycles. The molecule has 0 saturated heterocycles. The lowest BCUT2D eigenvalue weighted by molar-refractivity contribution is -0.137. The van der Waals surface area contributed by atoms with Crippen molar-refractivity contribution in [1.29, 1.82) is 0 Å². The van der Waals surface area contributed by atoms with Crippen LogP contribution in [0, 0.1) is 29.1 Å². The molecule has 0 aromatic heterocycles. The molecule has 0 amide bonds. The summed E-state index contributed by atoms with van der Waals surface area (Å²) < 4.78 is 76.8. The van der Waals surface area contributed by atoms with Gasteiger partial charge in [-0.3, -0.25) is 0 Å². The lowest BCUT2D eigenvalue weighted by atomic mass is 10.0.